The number of halogens is 1. The smallest absolute Gasteiger partial charge is 0.317 e. The van der Waals surface area contributed by atoms with Gasteiger partial charge in [0.25, 0.3) is 11.6 Å². The van der Waals surface area contributed by atoms with Gasteiger partial charge in [-0.3, -0.25) is 14.9 Å². The molecule has 1 N–H and O–H groups in total. The average molecular weight is 411 g/mol. The maximum absolute atomic E-state index is 12.9. The molecule has 0 unspecified atom stereocenters. The number of hydrogen-bond donors (Lipinski definition) is 1. The second-order valence-corrected chi connectivity index (χ2v) is 7.62. The number of piperazine rings is 1. The van der Waals surface area contributed by atoms with Crippen molar-refractivity contribution in [1.82, 2.24) is 15.1 Å². The van der Waals surface area contributed by atoms with E-state index in [1.807, 2.05) is 6.92 Å². The summed E-state index contributed by atoms with van der Waals surface area (Å²) < 4.78 is 0.607. The van der Waals surface area contributed by atoms with E-state index in [2.05, 4.69) is 5.32 Å². The third-order valence-electron chi connectivity index (χ3n) is 4.40. The van der Waals surface area contributed by atoms with Crippen LogP contribution in [0.1, 0.15) is 23.0 Å². The highest BCUT2D eigenvalue weighted by Gasteiger charge is 2.28. The summed E-state index contributed by atoms with van der Waals surface area (Å²) in [6.07, 6.45) is 0.868. The summed E-state index contributed by atoms with van der Waals surface area (Å²) >= 11 is 7.51. The SMILES string of the molecule is CCCNC(=O)N1CCN(C(=O)c2sc3cc([N+](=O)[O-])ccc3c2Cl)CC1. The largest absolute Gasteiger partial charge is 0.338 e. The number of carbonyl (C=O) groups is 2. The quantitative estimate of drug-likeness (QED) is 0.617. The predicted octanol–water partition coefficient (Wildman–Crippen LogP) is 3.34. The number of fused-ring (bicyclic) bond motifs is 1. The van der Waals surface area contributed by atoms with Gasteiger partial charge in [0.05, 0.1) is 9.95 Å². The Morgan fingerprint density at radius 3 is 2.56 bits per heavy atom. The standard InChI is InChI=1S/C17H19ClN4O4S/c1-2-5-19-17(24)21-8-6-20(7-9-21)16(23)15-14(18)12-4-3-11(22(25)26)10-13(12)27-15/h3-4,10H,2,5-9H2,1H3,(H,19,24). The van der Waals surface area contributed by atoms with Gasteiger partial charge in [0.2, 0.25) is 0 Å². The number of nitro benzene ring substituents is 1. The number of rotatable bonds is 4. The van der Waals surface area contributed by atoms with Crippen molar-refractivity contribution in [1.29, 1.82) is 0 Å². The average Bonchev–Trinajstić information content (AvgIpc) is 3.01. The molecule has 0 aliphatic carbocycles. The van der Waals surface area contributed by atoms with Gasteiger partial charge in [0.15, 0.2) is 0 Å². The second kappa shape index (κ2) is 8.10. The van der Waals surface area contributed by atoms with E-state index in [0.29, 0.717) is 52.7 Å². The topological polar surface area (TPSA) is 95.8 Å². The lowest BCUT2D eigenvalue weighted by Gasteiger charge is -2.34. The lowest BCUT2D eigenvalue weighted by atomic mass is 10.2. The summed E-state index contributed by atoms with van der Waals surface area (Å²) in [4.78, 5) is 39.0. The summed E-state index contributed by atoms with van der Waals surface area (Å²) in [6, 6.07) is 4.26. The van der Waals surface area contributed by atoms with Gasteiger partial charge < -0.3 is 15.1 Å². The van der Waals surface area contributed by atoms with Crippen molar-refractivity contribution < 1.29 is 14.5 Å². The van der Waals surface area contributed by atoms with E-state index in [1.54, 1.807) is 15.9 Å². The van der Waals surface area contributed by atoms with Crippen molar-refractivity contribution in [3.8, 4) is 0 Å². The molecule has 1 aromatic carbocycles. The van der Waals surface area contributed by atoms with E-state index in [9.17, 15) is 19.7 Å². The van der Waals surface area contributed by atoms with E-state index >= 15 is 0 Å². The number of benzene rings is 1. The Kier molecular flexibility index (Phi) is 5.81. The highest BCUT2D eigenvalue weighted by Crippen LogP contribution is 2.37. The summed E-state index contributed by atoms with van der Waals surface area (Å²) in [6.45, 7) is 4.36. The van der Waals surface area contributed by atoms with Crippen LogP contribution >= 0.6 is 22.9 Å². The van der Waals surface area contributed by atoms with Gasteiger partial charge in [-0.05, 0) is 12.5 Å². The van der Waals surface area contributed by atoms with E-state index in [1.165, 1.54) is 12.1 Å². The van der Waals surface area contributed by atoms with Crippen molar-refractivity contribution in [3.63, 3.8) is 0 Å². The van der Waals surface area contributed by atoms with Gasteiger partial charge in [-0.2, -0.15) is 0 Å². The van der Waals surface area contributed by atoms with Crippen molar-refractivity contribution in [2.45, 2.75) is 13.3 Å². The number of hydrogen-bond acceptors (Lipinski definition) is 5. The fraction of sp³-hybridized carbons (Fsp3) is 0.412. The van der Waals surface area contributed by atoms with Crippen LogP contribution < -0.4 is 5.32 Å². The molecule has 2 aromatic rings. The first-order valence-electron chi connectivity index (χ1n) is 8.61. The van der Waals surface area contributed by atoms with Crippen LogP contribution in [0.15, 0.2) is 18.2 Å². The van der Waals surface area contributed by atoms with Crippen LogP contribution in [0.4, 0.5) is 10.5 Å². The molecule has 1 aromatic heterocycles. The number of nitrogens with zero attached hydrogens (tertiary/aromatic N) is 3. The van der Waals surface area contributed by atoms with Gasteiger partial charge in [0, 0.05) is 54.9 Å². The van der Waals surface area contributed by atoms with Crippen LogP contribution in [-0.2, 0) is 0 Å². The molecule has 3 amide bonds. The van der Waals surface area contributed by atoms with Crippen molar-refractivity contribution >= 4 is 50.6 Å². The molecule has 1 aliphatic rings. The first kappa shape index (κ1) is 19.4. The first-order chi connectivity index (χ1) is 12.9. The Labute approximate surface area is 164 Å². The monoisotopic (exact) mass is 410 g/mol. The minimum Gasteiger partial charge on any atom is -0.338 e. The number of urea groups is 1. The molecule has 0 spiro atoms. The van der Waals surface area contributed by atoms with Crippen molar-refractivity contribution in [2.24, 2.45) is 0 Å². The summed E-state index contributed by atoms with van der Waals surface area (Å²) in [5, 5.41) is 14.7. The zero-order valence-electron chi connectivity index (χ0n) is 14.7. The van der Waals surface area contributed by atoms with E-state index in [4.69, 9.17) is 11.6 Å². The van der Waals surface area contributed by atoms with Crippen molar-refractivity contribution in [2.75, 3.05) is 32.7 Å². The Bertz CT molecular complexity index is 892. The van der Waals surface area contributed by atoms with E-state index in [0.717, 1.165) is 17.8 Å². The van der Waals surface area contributed by atoms with Gasteiger partial charge in [-0.1, -0.05) is 18.5 Å². The van der Waals surface area contributed by atoms with Gasteiger partial charge in [-0.25, -0.2) is 4.79 Å². The molecule has 27 heavy (non-hydrogen) atoms. The van der Waals surface area contributed by atoms with Crippen molar-refractivity contribution in [3.05, 3.63) is 38.2 Å². The molecular weight excluding hydrogens is 392 g/mol. The number of thiophene rings is 1. The Balaban J connectivity index is 1.72. The summed E-state index contributed by atoms with van der Waals surface area (Å²) in [5.74, 6) is -0.211. The fourth-order valence-electron chi connectivity index (χ4n) is 2.90. The minimum absolute atomic E-state index is 0.0360. The number of carbonyl (C=O) groups excluding carboxylic acids is 2. The normalized spacial score (nSPS) is 14.4. The Morgan fingerprint density at radius 2 is 1.93 bits per heavy atom. The highest BCUT2D eigenvalue weighted by atomic mass is 35.5. The molecule has 0 bridgehead atoms. The fourth-order valence-corrected chi connectivity index (χ4v) is 4.42. The third-order valence-corrected chi connectivity index (χ3v) is 6.04. The van der Waals surface area contributed by atoms with E-state index in [-0.39, 0.29) is 17.6 Å². The van der Waals surface area contributed by atoms with Gasteiger partial charge >= 0.3 is 6.03 Å². The Morgan fingerprint density at radius 1 is 1.26 bits per heavy atom. The molecule has 144 valence electrons. The summed E-state index contributed by atoms with van der Waals surface area (Å²) in [7, 11) is 0. The van der Waals surface area contributed by atoms with Gasteiger partial charge in [-0.15, -0.1) is 11.3 Å². The van der Waals surface area contributed by atoms with Crippen LogP contribution in [0.3, 0.4) is 0 Å². The number of nitrogens with one attached hydrogen (secondary N) is 1. The minimum atomic E-state index is -0.475. The second-order valence-electron chi connectivity index (χ2n) is 6.19. The van der Waals surface area contributed by atoms with Gasteiger partial charge in [0.1, 0.15) is 4.88 Å². The molecule has 0 radical (unpaired) electrons. The van der Waals surface area contributed by atoms with Crippen LogP contribution in [0.5, 0.6) is 0 Å². The summed E-state index contributed by atoms with van der Waals surface area (Å²) in [5.41, 5.74) is -0.0360. The third kappa shape index (κ3) is 3.98. The molecular formula is C17H19ClN4O4S. The lowest BCUT2D eigenvalue weighted by Crippen LogP contribution is -2.53. The van der Waals surface area contributed by atoms with Crippen LogP contribution in [0.25, 0.3) is 10.1 Å². The van der Waals surface area contributed by atoms with Crippen LogP contribution in [-0.4, -0.2) is 59.4 Å². The molecule has 0 saturated carbocycles. The first-order valence-corrected chi connectivity index (χ1v) is 9.80. The molecule has 1 fully saturated rings. The number of non-ortho nitro benzene ring substituents is 1. The molecule has 3 rings (SSSR count). The van der Waals surface area contributed by atoms with E-state index < -0.39 is 4.92 Å². The zero-order valence-corrected chi connectivity index (χ0v) is 16.3. The number of nitro groups is 1. The molecule has 1 saturated heterocycles. The lowest BCUT2D eigenvalue weighted by molar-refractivity contribution is -0.384. The molecule has 2 heterocycles. The Hall–Kier alpha value is -2.39. The van der Waals surface area contributed by atoms with Crippen LogP contribution in [0, 0.1) is 10.1 Å². The maximum Gasteiger partial charge on any atom is 0.317 e. The molecule has 0 atom stereocenters. The zero-order chi connectivity index (χ0) is 19.6. The molecule has 8 nitrogen and oxygen atoms in total. The maximum atomic E-state index is 12.9. The molecule has 1 aliphatic heterocycles. The molecule has 10 heteroatoms. The predicted molar refractivity (Wildman–Crippen MR) is 105 cm³/mol. The highest BCUT2D eigenvalue weighted by molar-refractivity contribution is 7.21. The number of amides is 3. The van der Waals surface area contributed by atoms with Crippen LogP contribution in [0.2, 0.25) is 5.02 Å².